The lowest BCUT2D eigenvalue weighted by molar-refractivity contribution is 0.0511. The molecule has 1 aliphatic heterocycles. The highest BCUT2D eigenvalue weighted by atomic mass is 16.5. The SMILES string of the molecule is COCC1(CNC(=O)c2ccc(-c3ccccn3)[nH]c2=O)CCNCC1. The molecule has 7 nitrogen and oxygen atoms in total. The first-order valence-electron chi connectivity index (χ1n) is 8.76. The molecule has 0 aliphatic carbocycles. The Morgan fingerprint density at radius 1 is 1.27 bits per heavy atom. The Balaban J connectivity index is 1.71. The average molecular weight is 356 g/mol. The number of aromatic nitrogens is 2. The zero-order valence-electron chi connectivity index (χ0n) is 14.9. The predicted octanol–water partition coefficient (Wildman–Crippen LogP) is 1.18. The van der Waals surface area contributed by atoms with Crippen LogP contribution in [0.5, 0.6) is 0 Å². The molecule has 26 heavy (non-hydrogen) atoms. The quantitative estimate of drug-likeness (QED) is 0.722. The van der Waals surface area contributed by atoms with Gasteiger partial charge in [0.05, 0.1) is 18.0 Å². The van der Waals surface area contributed by atoms with E-state index in [1.165, 1.54) is 0 Å². The number of hydrogen-bond donors (Lipinski definition) is 3. The van der Waals surface area contributed by atoms with E-state index in [2.05, 4.69) is 20.6 Å². The second kappa shape index (κ2) is 8.25. The van der Waals surface area contributed by atoms with Crippen molar-refractivity contribution in [2.45, 2.75) is 12.8 Å². The van der Waals surface area contributed by atoms with E-state index >= 15 is 0 Å². The van der Waals surface area contributed by atoms with Gasteiger partial charge in [-0.1, -0.05) is 6.07 Å². The highest BCUT2D eigenvalue weighted by Crippen LogP contribution is 2.28. The van der Waals surface area contributed by atoms with Crippen molar-refractivity contribution >= 4 is 5.91 Å². The summed E-state index contributed by atoms with van der Waals surface area (Å²) in [5.41, 5.74) is 0.839. The van der Waals surface area contributed by atoms with Crippen molar-refractivity contribution in [3.8, 4) is 11.4 Å². The van der Waals surface area contributed by atoms with Crippen molar-refractivity contribution in [2.75, 3.05) is 33.4 Å². The third-order valence-electron chi connectivity index (χ3n) is 4.83. The molecule has 1 fully saturated rings. The molecular formula is C19H24N4O3. The number of ether oxygens (including phenoxy) is 1. The third kappa shape index (κ3) is 4.17. The molecule has 1 amide bonds. The normalized spacial score (nSPS) is 16.2. The molecule has 2 aromatic heterocycles. The molecule has 1 aliphatic rings. The number of carbonyl (C=O) groups is 1. The Kier molecular flexibility index (Phi) is 5.80. The minimum atomic E-state index is -0.420. The first-order chi connectivity index (χ1) is 12.6. The molecule has 0 aromatic carbocycles. The van der Waals surface area contributed by atoms with Gasteiger partial charge in [-0.25, -0.2) is 0 Å². The fourth-order valence-corrected chi connectivity index (χ4v) is 3.32. The van der Waals surface area contributed by atoms with Crippen LogP contribution in [0.4, 0.5) is 0 Å². The summed E-state index contributed by atoms with van der Waals surface area (Å²) in [4.78, 5) is 31.8. The molecule has 138 valence electrons. The highest BCUT2D eigenvalue weighted by Gasteiger charge is 2.32. The summed E-state index contributed by atoms with van der Waals surface area (Å²) >= 11 is 0. The lowest BCUT2D eigenvalue weighted by Gasteiger charge is -2.37. The van der Waals surface area contributed by atoms with Crippen LogP contribution in [0, 0.1) is 5.41 Å². The van der Waals surface area contributed by atoms with E-state index in [0.717, 1.165) is 25.9 Å². The van der Waals surface area contributed by atoms with Gasteiger partial charge in [-0.3, -0.25) is 14.6 Å². The van der Waals surface area contributed by atoms with Gasteiger partial charge in [-0.2, -0.15) is 0 Å². The predicted molar refractivity (Wildman–Crippen MR) is 99.0 cm³/mol. The number of amides is 1. The van der Waals surface area contributed by atoms with E-state index in [1.807, 2.05) is 6.07 Å². The van der Waals surface area contributed by atoms with E-state index in [-0.39, 0.29) is 16.9 Å². The van der Waals surface area contributed by atoms with Gasteiger partial charge in [0.1, 0.15) is 5.56 Å². The Morgan fingerprint density at radius 3 is 2.73 bits per heavy atom. The molecule has 0 unspecified atom stereocenters. The number of methoxy groups -OCH3 is 1. The summed E-state index contributed by atoms with van der Waals surface area (Å²) in [6, 6.07) is 8.70. The van der Waals surface area contributed by atoms with E-state index in [9.17, 15) is 9.59 Å². The van der Waals surface area contributed by atoms with Crippen LogP contribution in [0.15, 0.2) is 41.3 Å². The number of aromatic amines is 1. The van der Waals surface area contributed by atoms with Crippen molar-refractivity contribution in [1.82, 2.24) is 20.6 Å². The lowest BCUT2D eigenvalue weighted by atomic mass is 9.79. The van der Waals surface area contributed by atoms with Crippen LogP contribution >= 0.6 is 0 Å². The Morgan fingerprint density at radius 2 is 2.08 bits per heavy atom. The second-order valence-electron chi connectivity index (χ2n) is 6.70. The van der Waals surface area contributed by atoms with Crippen LogP contribution in [0.2, 0.25) is 0 Å². The maximum atomic E-state index is 12.5. The molecule has 1 saturated heterocycles. The molecule has 2 aromatic rings. The van der Waals surface area contributed by atoms with Crippen LogP contribution < -0.4 is 16.2 Å². The van der Waals surface area contributed by atoms with Crippen molar-refractivity contribution in [1.29, 1.82) is 0 Å². The molecule has 7 heteroatoms. The first kappa shape index (κ1) is 18.3. The Bertz CT molecular complexity index is 792. The summed E-state index contributed by atoms with van der Waals surface area (Å²) in [5.74, 6) is -0.368. The fraction of sp³-hybridized carbons (Fsp3) is 0.421. The number of hydrogen-bond acceptors (Lipinski definition) is 5. The van der Waals surface area contributed by atoms with Crippen molar-refractivity contribution in [3.63, 3.8) is 0 Å². The van der Waals surface area contributed by atoms with Crippen LogP contribution in [-0.2, 0) is 4.74 Å². The molecule has 3 heterocycles. The van der Waals surface area contributed by atoms with Crippen molar-refractivity contribution in [3.05, 3.63) is 52.4 Å². The summed E-state index contributed by atoms with van der Waals surface area (Å²) in [6.07, 6.45) is 3.51. The Hall–Kier alpha value is -2.51. The Labute approximate surface area is 152 Å². The van der Waals surface area contributed by atoms with Crippen LogP contribution in [0.1, 0.15) is 23.2 Å². The van der Waals surface area contributed by atoms with Gasteiger partial charge in [-0.15, -0.1) is 0 Å². The average Bonchev–Trinajstić information content (AvgIpc) is 2.68. The van der Waals surface area contributed by atoms with Gasteiger partial charge < -0.3 is 20.4 Å². The van der Waals surface area contributed by atoms with Gasteiger partial charge in [-0.05, 0) is 50.2 Å². The van der Waals surface area contributed by atoms with Gasteiger partial charge in [0.2, 0.25) is 0 Å². The number of piperidine rings is 1. The minimum absolute atomic E-state index is 0.0870. The number of H-pyrrole nitrogens is 1. The zero-order valence-corrected chi connectivity index (χ0v) is 14.9. The summed E-state index contributed by atoms with van der Waals surface area (Å²) in [5, 5.41) is 6.23. The molecule has 0 radical (unpaired) electrons. The van der Waals surface area contributed by atoms with Gasteiger partial charge >= 0.3 is 0 Å². The maximum Gasteiger partial charge on any atom is 0.261 e. The van der Waals surface area contributed by atoms with Crippen LogP contribution in [0.25, 0.3) is 11.4 Å². The number of nitrogens with zero attached hydrogens (tertiary/aromatic N) is 1. The number of nitrogens with one attached hydrogen (secondary N) is 3. The van der Waals surface area contributed by atoms with Crippen molar-refractivity contribution in [2.24, 2.45) is 5.41 Å². The van der Waals surface area contributed by atoms with E-state index in [0.29, 0.717) is 24.5 Å². The third-order valence-corrected chi connectivity index (χ3v) is 4.83. The van der Waals surface area contributed by atoms with Crippen molar-refractivity contribution < 1.29 is 9.53 Å². The highest BCUT2D eigenvalue weighted by molar-refractivity contribution is 5.94. The number of rotatable bonds is 6. The molecule has 0 bridgehead atoms. The summed E-state index contributed by atoms with van der Waals surface area (Å²) < 4.78 is 5.36. The summed E-state index contributed by atoms with van der Waals surface area (Å²) in [7, 11) is 1.67. The monoisotopic (exact) mass is 356 g/mol. The number of carbonyl (C=O) groups excluding carboxylic acids is 1. The van der Waals surface area contributed by atoms with Crippen LogP contribution in [0.3, 0.4) is 0 Å². The maximum absolute atomic E-state index is 12.5. The standard InChI is InChI=1S/C19H24N4O3/c1-26-13-19(7-10-20-11-8-19)12-22-17(24)14-5-6-16(23-18(14)25)15-4-2-3-9-21-15/h2-6,9,20H,7-8,10-13H2,1H3,(H,22,24)(H,23,25). The molecule has 3 N–H and O–H groups in total. The van der Waals surface area contributed by atoms with Gasteiger partial charge in [0.15, 0.2) is 0 Å². The molecule has 0 saturated carbocycles. The van der Waals surface area contributed by atoms with E-state index in [4.69, 9.17) is 4.74 Å². The second-order valence-corrected chi connectivity index (χ2v) is 6.70. The van der Waals surface area contributed by atoms with Gasteiger partial charge in [0.25, 0.3) is 11.5 Å². The summed E-state index contributed by atoms with van der Waals surface area (Å²) in [6.45, 7) is 2.88. The number of pyridine rings is 2. The molecule has 0 atom stereocenters. The molecular weight excluding hydrogens is 332 g/mol. The minimum Gasteiger partial charge on any atom is -0.384 e. The largest absolute Gasteiger partial charge is 0.384 e. The topological polar surface area (TPSA) is 96.1 Å². The van der Waals surface area contributed by atoms with E-state index in [1.54, 1.807) is 37.6 Å². The smallest absolute Gasteiger partial charge is 0.261 e. The molecule has 3 rings (SSSR count). The zero-order chi connectivity index (χ0) is 18.4. The first-order valence-corrected chi connectivity index (χ1v) is 8.76. The van der Waals surface area contributed by atoms with Gasteiger partial charge in [0, 0.05) is 25.3 Å². The fourth-order valence-electron chi connectivity index (χ4n) is 3.32. The molecule has 0 spiro atoms. The van der Waals surface area contributed by atoms with Crippen LogP contribution in [-0.4, -0.2) is 49.2 Å². The van der Waals surface area contributed by atoms with E-state index < -0.39 is 5.56 Å². The lowest BCUT2D eigenvalue weighted by Crippen LogP contribution is -2.47.